The Balaban J connectivity index is 2.53. The maximum absolute atomic E-state index is 5.88. The van der Waals surface area contributed by atoms with Gasteiger partial charge in [-0.25, -0.2) is 0 Å². The molecule has 0 aromatic heterocycles. The van der Waals surface area contributed by atoms with Crippen LogP contribution in [0.4, 0.5) is 11.4 Å². The normalized spacial score (nSPS) is 15.2. The zero-order valence-electron chi connectivity index (χ0n) is 7.08. The van der Waals surface area contributed by atoms with Crippen molar-refractivity contribution >= 4 is 23.0 Å². The SMILES string of the molecule is CN1[CH-]N(C)c2cc(Cl)ccc21. The van der Waals surface area contributed by atoms with E-state index >= 15 is 0 Å². The lowest BCUT2D eigenvalue weighted by Gasteiger charge is -2.26. The molecule has 0 saturated carbocycles. The Hall–Kier alpha value is -0.890. The summed E-state index contributed by atoms with van der Waals surface area (Å²) in [4.78, 5) is 4.13. The standard InChI is InChI=1S/C9H10ClN2/c1-11-6-12(2)9-5-7(10)3-4-8(9)11/h3-6H,1-2H3/q-1. The predicted octanol–water partition coefficient (Wildman–Crippen LogP) is 2.35. The second kappa shape index (κ2) is 2.56. The van der Waals surface area contributed by atoms with Gasteiger partial charge in [-0.15, -0.1) is 0 Å². The fourth-order valence-electron chi connectivity index (χ4n) is 1.46. The quantitative estimate of drug-likeness (QED) is 0.567. The van der Waals surface area contributed by atoms with Gasteiger partial charge in [0.15, 0.2) is 0 Å². The van der Waals surface area contributed by atoms with Crippen molar-refractivity contribution in [2.24, 2.45) is 0 Å². The smallest absolute Gasteiger partial charge is 0.0427 e. The van der Waals surface area contributed by atoms with E-state index in [4.69, 9.17) is 11.6 Å². The van der Waals surface area contributed by atoms with Gasteiger partial charge in [-0.3, -0.25) is 0 Å². The van der Waals surface area contributed by atoms with Crippen LogP contribution < -0.4 is 9.80 Å². The average Bonchev–Trinajstić information content (AvgIpc) is 2.28. The minimum Gasteiger partial charge on any atom is -0.504 e. The third kappa shape index (κ3) is 1.03. The Morgan fingerprint density at radius 3 is 2.58 bits per heavy atom. The molecule has 0 fully saturated rings. The van der Waals surface area contributed by atoms with Crippen LogP contribution in [0.25, 0.3) is 0 Å². The number of hydrogen-bond acceptors (Lipinski definition) is 2. The van der Waals surface area contributed by atoms with Crippen molar-refractivity contribution in [2.45, 2.75) is 0 Å². The summed E-state index contributed by atoms with van der Waals surface area (Å²) in [7, 11) is 4.04. The molecule has 1 aromatic carbocycles. The Bertz CT molecular complexity index is 311. The zero-order chi connectivity index (χ0) is 8.72. The van der Waals surface area contributed by atoms with Crippen LogP contribution >= 0.6 is 11.6 Å². The number of benzene rings is 1. The van der Waals surface area contributed by atoms with Gasteiger partial charge in [-0.1, -0.05) is 11.6 Å². The molecule has 0 spiro atoms. The maximum Gasteiger partial charge on any atom is 0.0427 e. The molecule has 0 saturated heterocycles. The van der Waals surface area contributed by atoms with Crippen molar-refractivity contribution in [3.8, 4) is 0 Å². The Morgan fingerprint density at radius 2 is 1.83 bits per heavy atom. The van der Waals surface area contributed by atoms with Crippen LogP contribution in [0.5, 0.6) is 0 Å². The lowest BCUT2D eigenvalue weighted by atomic mass is 10.2. The fourth-order valence-corrected chi connectivity index (χ4v) is 1.63. The van der Waals surface area contributed by atoms with Crippen molar-refractivity contribution in [3.05, 3.63) is 29.9 Å². The first kappa shape index (κ1) is 7.74. The number of hydrogen-bond donors (Lipinski definition) is 0. The molecule has 0 unspecified atom stereocenters. The first-order chi connectivity index (χ1) is 5.68. The summed E-state index contributed by atoms with van der Waals surface area (Å²) >= 11 is 5.88. The average molecular weight is 182 g/mol. The maximum atomic E-state index is 5.88. The summed E-state index contributed by atoms with van der Waals surface area (Å²) < 4.78 is 0. The van der Waals surface area contributed by atoms with Crippen LogP contribution in [-0.2, 0) is 0 Å². The third-order valence-electron chi connectivity index (χ3n) is 2.04. The van der Waals surface area contributed by atoms with E-state index in [0.717, 1.165) is 10.7 Å². The highest BCUT2D eigenvalue weighted by Gasteiger charge is 2.11. The number of fused-ring (bicyclic) bond motifs is 1. The van der Waals surface area contributed by atoms with Crippen LogP contribution in [0.15, 0.2) is 18.2 Å². The summed E-state index contributed by atoms with van der Waals surface area (Å²) in [6.07, 6.45) is 0. The van der Waals surface area contributed by atoms with Crippen molar-refractivity contribution < 1.29 is 0 Å². The molecule has 0 atom stereocenters. The Morgan fingerprint density at radius 1 is 1.17 bits per heavy atom. The third-order valence-corrected chi connectivity index (χ3v) is 2.28. The molecule has 0 aliphatic carbocycles. The van der Waals surface area contributed by atoms with Gasteiger partial charge in [0.25, 0.3) is 0 Å². The second-order valence-electron chi connectivity index (χ2n) is 2.97. The molecule has 1 heterocycles. The second-order valence-corrected chi connectivity index (χ2v) is 3.41. The Kier molecular flexibility index (Phi) is 1.65. The molecule has 1 aliphatic heterocycles. The van der Waals surface area contributed by atoms with E-state index < -0.39 is 0 Å². The van der Waals surface area contributed by atoms with E-state index in [1.54, 1.807) is 0 Å². The molecular formula is C9H10ClN2-. The lowest BCUT2D eigenvalue weighted by molar-refractivity contribution is 1.04. The van der Waals surface area contributed by atoms with Crippen LogP contribution in [0, 0.1) is 6.67 Å². The van der Waals surface area contributed by atoms with Crippen molar-refractivity contribution in [2.75, 3.05) is 23.9 Å². The summed E-state index contributed by atoms with van der Waals surface area (Å²) in [5, 5.41) is 0.782. The first-order valence-electron chi connectivity index (χ1n) is 3.79. The lowest BCUT2D eigenvalue weighted by Crippen LogP contribution is -2.16. The van der Waals surface area contributed by atoms with Gasteiger partial charge in [-0.2, -0.15) is 6.67 Å². The number of anilines is 2. The highest BCUT2D eigenvalue weighted by Crippen LogP contribution is 2.37. The summed E-state index contributed by atoms with van der Waals surface area (Å²) in [6.45, 7) is 2.03. The van der Waals surface area contributed by atoms with Crippen molar-refractivity contribution in [1.82, 2.24) is 0 Å². The molecule has 0 amide bonds. The van der Waals surface area contributed by atoms with Gasteiger partial charge >= 0.3 is 0 Å². The van der Waals surface area contributed by atoms with Crippen molar-refractivity contribution in [1.29, 1.82) is 0 Å². The van der Waals surface area contributed by atoms with Gasteiger partial charge in [0.2, 0.25) is 0 Å². The number of nitrogens with zero attached hydrogens (tertiary/aromatic N) is 2. The van der Waals surface area contributed by atoms with Crippen LogP contribution in [0.1, 0.15) is 0 Å². The van der Waals surface area contributed by atoms with Gasteiger partial charge < -0.3 is 9.80 Å². The highest BCUT2D eigenvalue weighted by atomic mass is 35.5. The van der Waals surface area contributed by atoms with Crippen LogP contribution in [-0.4, -0.2) is 14.1 Å². The van der Waals surface area contributed by atoms with Gasteiger partial charge in [0, 0.05) is 16.4 Å². The first-order valence-corrected chi connectivity index (χ1v) is 4.16. The summed E-state index contributed by atoms with van der Waals surface area (Å²) in [6, 6.07) is 5.90. The molecule has 12 heavy (non-hydrogen) atoms. The van der Waals surface area contributed by atoms with Gasteiger partial charge in [0.1, 0.15) is 0 Å². The minimum absolute atomic E-state index is 0.782. The molecule has 1 aromatic rings. The molecule has 2 nitrogen and oxygen atoms in total. The monoisotopic (exact) mass is 181 g/mol. The van der Waals surface area contributed by atoms with Gasteiger partial charge in [0.05, 0.1) is 0 Å². The predicted molar refractivity (Wildman–Crippen MR) is 52.6 cm³/mol. The minimum atomic E-state index is 0.782. The topological polar surface area (TPSA) is 6.48 Å². The number of halogens is 1. The highest BCUT2D eigenvalue weighted by molar-refractivity contribution is 6.31. The molecule has 0 N–H and O–H groups in total. The number of rotatable bonds is 0. The summed E-state index contributed by atoms with van der Waals surface area (Å²) in [5.74, 6) is 0. The van der Waals surface area contributed by atoms with E-state index in [-0.39, 0.29) is 0 Å². The molecule has 1 aliphatic rings. The molecule has 0 bridgehead atoms. The molecule has 64 valence electrons. The van der Waals surface area contributed by atoms with Crippen LogP contribution in [0.2, 0.25) is 5.02 Å². The molecular weight excluding hydrogens is 172 g/mol. The fraction of sp³-hybridized carbons (Fsp3) is 0.222. The summed E-state index contributed by atoms with van der Waals surface area (Å²) in [5.41, 5.74) is 2.35. The van der Waals surface area contributed by atoms with Gasteiger partial charge in [-0.05, 0) is 32.3 Å². The molecule has 2 rings (SSSR count). The zero-order valence-corrected chi connectivity index (χ0v) is 7.84. The van der Waals surface area contributed by atoms with E-state index in [1.807, 2.05) is 39.0 Å². The largest absolute Gasteiger partial charge is 0.504 e. The van der Waals surface area contributed by atoms with E-state index in [0.29, 0.717) is 0 Å². The Labute approximate surface area is 77.3 Å². The van der Waals surface area contributed by atoms with Crippen LogP contribution in [0.3, 0.4) is 0 Å². The molecule has 3 heteroatoms. The molecule has 0 radical (unpaired) electrons. The van der Waals surface area contributed by atoms with E-state index in [2.05, 4.69) is 9.80 Å². The van der Waals surface area contributed by atoms with Crippen molar-refractivity contribution in [3.63, 3.8) is 0 Å². The van der Waals surface area contributed by atoms with E-state index in [1.165, 1.54) is 5.69 Å². The van der Waals surface area contributed by atoms with E-state index in [9.17, 15) is 0 Å².